The van der Waals surface area contributed by atoms with Crippen molar-refractivity contribution < 1.29 is 22.4 Å². The molecule has 7 heteroatoms. The third-order valence-corrected chi connectivity index (χ3v) is 5.57. The fourth-order valence-electron chi connectivity index (χ4n) is 3.02. The minimum Gasteiger partial charge on any atom is -0.451 e. The summed E-state index contributed by atoms with van der Waals surface area (Å²) in [4.78, 5) is 14.5. The highest BCUT2D eigenvalue weighted by Gasteiger charge is 2.34. The molecule has 0 spiro atoms. The van der Waals surface area contributed by atoms with E-state index in [1.54, 1.807) is 17.0 Å². The van der Waals surface area contributed by atoms with Crippen LogP contribution < -0.4 is 0 Å². The Morgan fingerprint density at radius 1 is 1.12 bits per heavy atom. The van der Waals surface area contributed by atoms with Gasteiger partial charge in [-0.1, -0.05) is 30.3 Å². The van der Waals surface area contributed by atoms with Crippen molar-refractivity contribution in [3.63, 3.8) is 0 Å². The Balaban J connectivity index is 1.60. The number of furan rings is 1. The lowest BCUT2D eigenvalue weighted by molar-refractivity contribution is -0.137. The second-order valence-electron chi connectivity index (χ2n) is 5.99. The lowest BCUT2D eigenvalue weighted by Gasteiger charge is -2.23. The summed E-state index contributed by atoms with van der Waals surface area (Å²) >= 11 is 1.53. The predicted molar refractivity (Wildman–Crippen MR) is 93.9 cm³/mol. The molecule has 3 nitrogen and oxygen atoms in total. The summed E-state index contributed by atoms with van der Waals surface area (Å²) in [7, 11) is 0. The zero-order valence-corrected chi connectivity index (χ0v) is 14.3. The van der Waals surface area contributed by atoms with Crippen LogP contribution in [0.25, 0.3) is 11.0 Å². The van der Waals surface area contributed by atoms with Gasteiger partial charge in [-0.05, 0) is 29.8 Å². The zero-order valence-electron chi connectivity index (χ0n) is 13.5. The Labute approximate surface area is 151 Å². The number of alkyl halides is 3. The summed E-state index contributed by atoms with van der Waals surface area (Å²) < 4.78 is 43.9. The van der Waals surface area contributed by atoms with E-state index in [2.05, 4.69) is 0 Å². The van der Waals surface area contributed by atoms with Gasteiger partial charge in [-0.25, -0.2) is 0 Å². The lowest BCUT2D eigenvalue weighted by Crippen LogP contribution is -2.30. The first kappa shape index (κ1) is 17.0. The molecular weight excluding hydrogens is 363 g/mol. The molecule has 1 aliphatic rings. The van der Waals surface area contributed by atoms with E-state index in [0.717, 1.165) is 23.3 Å². The van der Waals surface area contributed by atoms with Gasteiger partial charge >= 0.3 is 6.18 Å². The molecule has 0 saturated carbocycles. The molecule has 1 fully saturated rings. The summed E-state index contributed by atoms with van der Waals surface area (Å²) in [5.41, 5.74) is 0.609. The first-order chi connectivity index (χ1) is 12.4. The third kappa shape index (κ3) is 3.07. The van der Waals surface area contributed by atoms with Crippen molar-refractivity contribution in [1.82, 2.24) is 4.90 Å². The molecule has 3 aromatic rings. The van der Waals surface area contributed by atoms with E-state index < -0.39 is 11.7 Å². The Bertz CT molecular complexity index is 916. The molecule has 0 N–H and O–H groups in total. The fourth-order valence-corrected chi connectivity index (χ4v) is 4.28. The van der Waals surface area contributed by atoms with Gasteiger partial charge in [0.25, 0.3) is 5.91 Å². The smallest absolute Gasteiger partial charge is 0.416 e. The number of fused-ring (bicyclic) bond motifs is 1. The maximum Gasteiger partial charge on any atom is 0.416 e. The second-order valence-corrected chi connectivity index (χ2v) is 7.18. The van der Waals surface area contributed by atoms with Gasteiger partial charge < -0.3 is 9.32 Å². The van der Waals surface area contributed by atoms with Crippen molar-refractivity contribution >= 4 is 28.6 Å². The van der Waals surface area contributed by atoms with E-state index in [4.69, 9.17) is 4.42 Å². The highest BCUT2D eigenvalue weighted by molar-refractivity contribution is 7.99. The third-order valence-electron chi connectivity index (χ3n) is 4.31. The van der Waals surface area contributed by atoms with Gasteiger partial charge in [0, 0.05) is 17.7 Å². The maximum atomic E-state index is 12.9. The van der Waals surface area contributed by atoms with Crippen LogP contribution in [0.4, 0.5) is 13.2 Å². The second kappa shape index (κ2) is 6.39. The van der Waals surface area contributed by atoms with Crippen LogP contribution in [-0.2, 0) is 6.18 Å². The van der Waals surface area contributed by atoms with Gasteiger partial charge in [0.05, 0.1) is 5.56 Å². The molecular formula is C19H14F3NO2S. The molecule has 1 aliphatic heterocycles. The van der Waals surface area contributed by atoms with Crippen molar-refractivity contribution in [3.05, 3.63) is 71.5 Å². The summed E-state index contributed by atoms with van der Waals surface area (Å²) in [6, 6.07) is 14.0. The number of carbonyl (C=O) groups excluding carboxylic acids is 1. The number of hydrogen-bond donors (Lipinski definition) is 0. The van der Waals surface area contributed by atoms with Gasteiger partial charge in [0.2, 0.25) is 0 Å². The molecule has 1 saturated heterocycles. The first-order valence-corrected chi connectivity index (χ1v) is 9.07. The monoisotopic (exact) mass is 377 g/mol. The molecule has 4 rings (SSSR count). The van der Waals surface area contributed by atoms with Gasteiger partial charge in [0.1, 0.15) is 11.0 Å². The summed E-state index contributed by atoms with van der Waals surface area (Å²) in [5.74, 6) is 0.708. The minimum atomic E-state index is -4.37. The van der Waals surface area contributed by atoms with Gasteiger partial charge in [-0.3, -0.25) is 4.79 Å². The number of thioether (sulfide) groups is 1. The van der Waals surface area contributed by atoms with Crippen LogP contribution in [0.3, 0.4) is 0 Å². The lowest BCUT2D eigenvalue weighted by atomic mass is 10.1. The highest BCUT2D eigenvalue weighted by atomic mass is 32.2. The van der Waals surface area contributed by atoms with Crippen molar-refractivity contribution in [1.29, 1.82) is 0 Å². The molecule has 2 heterocycles. The number of benzene rings is 2. The van der Waals surface area contributed by atoms with E-state index in [9.17, 15) is 18.0 Å². The number of para-hydroxylation sites is 1. The van der Waals surface area contributed by atoms with E-state index >= 15 is 0 Å². The molecule has 1 amide bonds. The Hall–Kier alpha value is -2.41. The largest absolute Gasteiger partial charge is 0.451 e. The standard InChI is InChI=1S/C19H14F3NO2S/c20-19(21,22)14-7-5-12(6-8-14)18-23(9-10-26-18)17(24)16-11-13-3-1-2-4-15(13)25-16/h1-8,11,18H,9-10H2/t18-/m0/s1. The quantitative estimate of drug-likeness (QED) is 0.604. The molecule has 0 aliphatic carbocycles. The van der Waals surface area contributed by atoms with E-state index in [-0.39, 0.29) is 17.0 Å². The van der Waals surface area contributed by atoms with E-state index in [1.165, 1.54) is 23.9 Å². The van der Waals surface area contributed by atoms with Gasteiger partial charge in [-0.15, -0.1) is 11.8 Å². The molecule has 134 valence electrons. The average molecular weight is 377 g/mol. The van der Waals surface area contributed by atoms with Crippen molar-refractivity contribution in [2.24, 2.45) is 0 Å². The van der Waals surface area contributed by atoms with Crippen LogP contribution >= 0.6 is 11.8 Å². The number of rotatable bonds is 2. The Kier molecular flexibility index (Phi) is 4.19. The first-order valence-electron chi connectivity index (χ1n) is 8.02. The number of hydrogen-bond acceptors (Lipinski definition) is 3. The van der Waals surface area contributed by atoms with Crippen LogP contribution in [0.15, 0.2) is 59.0 Å². The van der Waals surface area contributed by atoms with Gasteiger partial charge in [0.15, 0.2) is 5.76 Å². The molecule has 26 heavy (non-hydrogen) atoms. The molecule has 1 aromatic heterocycles. The summed E-state index contributed by atoms with van der Waals surface area (Å²) in [6.45, 7) is 0.520. The van der Waals surface area contributed by atoms with Crippen LogP contribution in [0, 0.1) is 0 Å². The average Bonchev–Trinajstić information content (AvgIpc) is 3.27. The molecule has 0 unspecified atom stereocenters. The fraction of sp³-hybridized carbons (Fsp3) is 0.211. The Morgan fingerprint density at radius 3 is 2.54 bits per heavy atom. The summed E-state index contributed by atoms with van der Waals surface area (Å²) in [6.07, 6.45) is -4.37. The summed E-state index contributed by atoms with van der Waals surface area (Å²) in [5, 5.41) is 0.520. The SMILES string of the molecule is O=C(c1cc2ccccc2o1)N1CCS[C@H]1c1ccc(C(F)(F)F)cc1. The van der Waals surface area contributed by atoms with Crippen LogP contribution in [0.2, 0.25) is 0 Å². The number of carbonyl (C=O) groups is 1. The van der Waals surface area contributed by atoms with Crippen molar-refractivity contribution in [3.8, 4) is 0 Å². The maximum absolute atomic E-state index is 12.9. The Morgan fingerprint density at radius 2 is 1.85 bits per heavy atom. The number of amides is 1. The highest BCUT2D eigenvalue weighted by Crippen LogP contribution is 2.40. The van der Waals surface area contributed by atoms with E-state index in [1.807, 2.05) is 18.2 Å². The van der Waals surface area contributed by atoms with Crippen LogP contribution in [0.1, 0.15) is 27.1 Å². The molecule has 1 atom stereocenters. The normalized spacial score (nSPS) is 17.8. The minimum absolute atomic E-state index is 0.241. The van der Waals surface area contributed by atoms with Crippen molar-refractivity contribution in [2.45, 2.75) is 11.6 Å². The molecule has 0 bridgehead atoms. The zero-order chi connectivity index (χ0) is 18.3. The van der Waals surface area contributed by atoms with Gasteiger partial charge in [-0.2, -0.15) is 13.2 Å². The predicted octanol–water partition coefficient (Wildman–Crippen LogP) is 5.34. The van der Waals surface area contributed by atoms with Crippen molar-refractivity contribution in [2.75, 3.05) is 12.3 Å². The topological polar surface area (TPSA) is 33.5 Å². The van der Waals surface area contributed by atoms with Crippen LogP contribution in [0.5, 0.6) is 0 Å². The number of halogens is 3. The number of nitrogens with zero attached hydrogens (tertiary/aromatic N) is 1. The molecule has 2 aromatic carbocycles. The van der Waals surface area contributed by atoms with E-state index in [0.29, 0.717) is 17.7 Å². The van der Waals surface area contributed by atoms with Crippen LogP contribution in [-0.4, -0.2) is 23.1 Å². The molecule has 0 radical (unpaired) electrons.